The molecule has 0 saturated carbocycles. The highest BCUT2D eigenvalue weighted by Gasteiger charge is 2.34. The van der Waals surface area contributed by atoms with E-state index in [0.29, 0.717) is 11.8 Å². The molecule has 2 aromatic heterocycles. The summed E-state index contributed by atoms with van der Waals surface area (Å²) in [5, 5.41) is 10.4. The minimum absolute atomic E-state index is 0.0645. The number of carbonyl (C=O) groups is 1. The van der Waals surface area contributed by atoms with E-state index in [-0.39, 0.29) is 18.1 Å². The highest BCUT2D eigenvalue weighted by Crippen LogP contribution is 2.34. The van der Waals surface area contributed by atoms with Crippen molar-refractivity contribution in [3.05, 3.63) is 33.7 Å². The lowest BCUT2D eigenvalue weighted by Gasteiger charge is -2.33. The van der Waals surface area contributed by atoms with Crippen molar-refractivity contribution in [2.45, 2.75) is 51.2 Å². The van der Waals surface area contributed by atoms with E-state index in [4.69, 9.17) is 9.15 Å². The van der Waals surface area contributed by atoms with Crippen LogP contribution in [0.15, 0.2) is 15.9 Å². The molecule has 2 atom stereocenters. The lowest BCUT2D eigenvalue weighted by Crippen LogP contribution is -2.38. The number of aromatic nitrogens is 2. The Bertz CT molecular complexity index is 720. The van der Waals surface area contributed by atoms with Gasteiger partial charge < -0.3 is 14.1 Å². The van der Waals surface area contributed by atoms with Crippen molar-refractivity contribution in [2.24, 2.45) is 0 Å². The highest BCUT2D eigenvalue weighted by atomic mass is 32.1. The lowest BCUT2D eigenvalue weighted by atomic mass is 10.0. The molecule has 4 heterocycles. The number of carbonyl (C=O) groups excluding carboxylic acids is 1. The first-order chi connectivity index (χ1) is 11.7. The molecule has 2 fully saturated rings. The van der Waals surface area contributed by atoms with E-state index in [1.807, 2.05) is 23.3 Å². The zero-order valence-corrected chi connectivity index (χ0v) is 14.6. The molecule has 0 spiro atoms. The van der Waals surface area contributed by atoms with Gasteiger partial charge in [-0.05, 0) is 56.0 Å². The molecule has 7 heteroatoms. The summed E-state index contributed by atoms with van der Waals surface area (Å²) in [5.74, 6) is 1.16. The van der Waals surface area contributed by atoms with Crippen LogP contribution in [0.25, 0.3) is 0 Å². The van der Waals surface area contributed by atoms with Crippen molar-refractivity contribution in [2.75, 3.05) is 13.2 Å². The molecule has 0 N–H and O–H groups in total. The van der Waals surface area contributed by atoms with Crippen molar-refractivity contribution in [1.82, 2.24) is 15.1 Å². The molecule has 6 nitrogen and oxygen atoms in total. The number of hydrogen-bond acceptors (Lipinski definition) is 6. The van der Waals surface area contributed by atoms with E-state index in [9.17, 15) is 4.79 Å². The van der Waals surface area contributed by atoms with Crippen LogP contribution in [0.5, 0.6) is 0 Å². The first kappa shape index (κ1) is 15.8. The molecular formula is C17H21N3O3S. The second-order valence-corrected chi connectivity index (χ2v) is 7.39. The van der Waals surface area contributed by atoms with Crippen LogP contribution >= 0.6 is 11.3 Å². The van der Waals surface area contributed by atoms with Gasteiger partial charge in [0.2, 0.25) is 11.8 Å². The van der Waals surface area contributed by atoms with Gasteiger partial charge in [0, 0.05) is 13.2 Å². The third-order valence-corrected chi connectivity index (χ3v) is 5.69. The van der Waals surface area contributed by atoms with Gasteiger partial charge in [0.05, 0.1) is 4.88 Å². The topological polar surface area (TPSA) is 68.5 Å². The minimum atomic E-state index is -0.128. The summed E-state index contributed by atoms with van der Waals surface area (Å²) in [7, 11) is 0. The third-order valence-electron chi connectivity index (χ3n) is 4.65. The van der Waals surface area contributed by atoms with Gasteiger partial charge in [-0.2, -0.15) is 0 Å². The summed E-state index contributed by atoms with van der Waals surface area (Å²) in [5.41, 5.74) is 1.12. The molecule has 0 aliphatic carbocycles. The van der Waals surface area contributed by atoms with Crippen molar-refractivity contribution in [1.29, 1.82) is 0 Å². The molecule has 128 valence electrons. The number of thiophene rings is 1. The van der Waals surface area contributed by atoms with Crippen LogP contribution in [0, 0.1) is 6.92 Å². The number of ether oxygens (including phenoxy) is 1. The van der Waals surface area contributed by atoms with Crippen molar-refractivity contribution >= 4 is 17.2 Å². The Morgan fingerprint density at radius 2 is 2.12 bits per heavy atom. The van der Waals surface area contributed by atoms with Crippen LogP contribution in [-0.4, -0.2) is 34.2 Å². The molecule has 0 radical (unpaired) electrons. The first-order valence-corrected chi connectivity index (χ1v) is 9.41. The lowest BCUT2D eigenvalue weighted by molar-refractivity contribution is 0.0554. The largest absolute Gasteiger partial charge is 0.420 e. The van der Waals surface area contributed by atoms with Crippen molar-refractivity contribution in [3.8, 4) is 0 Å². The van der Waals surface area contributed by atoms with E-state index < -0.39 is 0 Å². The fourth-order valence-corrected chi connectivity index (χ4v) is 4.25. The Balaban J connectivity index is 1.56. The maximum Gasteiger partial charge on any atom is 0.264 e. The number of amides is 1. The average molecular weight is 347 g/mol. The van der Waals surface area contributed by atoms with Crippen LogP contribution < -0.4 is 0 Å². The van der Waals surface area contributed by atoms with Crippen LogP contribution in [0.4, 0.5) is 0 Å². The van der Waals surface area contributed by atoms with Crippen LogP contribution in [0.3, 0.4) is 0 Å². The van der Waals surface area contributed by atoms with Crippen LogP contribution in [0.1, 0.15) is 71.3 Å². The average Bonchev–Trinajstić information content (AvgIpc) is 3.35. The maximum absolute atomic E-state index is 12.9. The fourth-order valence-electron chi connectivity index (χ4n) is 3.40. The van der Waals surface area contributed by atoms with Gasteiger partial charge in [0.15, 0.2) is 0 Å². The zero-order valence-electron chi connectivity index (χ0n) is 13.7. The van der Waals surface area contributed by atoms with Crippen LogP contribution in [0.2, 0.25) is 0 Å². The molecule has 2 saturated heterocycles. The van der Waals surface area contributed by atoms with E-state index in [1.165, 1.54) is 11.3 Å². The monoisotopic (exact) mass is 347 g/mol. The van der Waals surface area contributed by atoms with Gasteiger partial charge in [0.25, 0.3) is 5.91 Å². The summed E-state index contributed by atoms with van der Waals surface area (Å²) in [6.07, 6.45) is 4.80. The summed E-state index contributed by atoms with van der Waals surface area (Å²) < 4.78 is 11.5. The van der Waals surface area contributed by atoms with Gasteiger partial charge in [-0.3, -0.25) is 4.79 Å². The predicted molar refractivity (Wildman–Crippen MR) is 88.9 cm³/mol. The number of nitrogens with zero attached hydrogens (tertiary/aromatic N) is 3. The smallest absolute Gasteiger partial charge is 0.264 e. The minimum Gasteiger partial charge on any atom is -0.420 e. The van der Waals surface area contributed by atoms with Crippen molar-refractivity contribution < 1.29 is 13.9 Å². The normalized spacial score (nSPS) is 24.5. The molecule has 2 aliphatic heterocycles. The third kappa shape index (κ3) is 2.98. The summed E-state index contributed by atoms with van der Waals surface area (Å²) in [6, 6.07) is 1.82. The molecular weight excluding hydrogens is 326 g/mol. The van der Waals surface area contributed by atoms with Crippen LogP contribution in [-0.2, 0) is 4.74 Å². The van der Waals surface area contributed by atoms with Crippen molar-refractivity contribution in [3.63, 3.8) is 0 Å². The van der Waals surface area contributed by atoms with E-state index in [1.54, 1.807) is 0 Å². The summed E-state index contributed by atoms with van der Waals surface area (Å²) in [4.78, 5) is 15.5. The molecule has 2 aromatic rings. The molecule has 0 bridgehead atoms. The van der Waals surface area contributed by atoms with Gasteiger partial charge in [0.1, 0.15) is 12.1 Å². The molecule has 4 rings (SSSR count). The Kier molecular flexibility index (Phi) is 4.37. The molecule has 24 heavy (non-hydrogen) atoms. The molecule has 1 amide bonds. The predicted octanol–water partition coefficient (Wildman–Crippen LogP) is 3.66. The number of piperidine rings is 1. The van der Waals surface area contributed by atoms with Gasteiger partial charge in [-0.25, -0.2) is 0 Å². The quantitative estimate of drug-likeness (QED) is 0.847. The molecule has 1 unspecified atom stereocenters. The molecule has 2 aliphatic rings. The second kappa shape index (κ2) is 6.64. The van der Waals surface area contributed by atoms with E-state index in [2.05, 4.69) is 10.2 Å². The highest BCUT2D eigenvalue weighted by molar-refractivity contribution is 7.12. The number of likely N-dealkylation sites (tertiary alicyclic amines) is 1. The second-order valence-electron chi connectivity index (χ2n) is 6.48. The SMILES string of the molecule is Cc1csc(C(=O)N2CCCCC2c2nnc([C@H]3CCCO3)o2)c1. The van der Waals surface area contributed by atoms with E-state index in [0.717, 1.165) is 55.7 Å². The Morgan fingerprint density at radius 1 is 1.25 bits per heavy atom. The number of rotatable bonds is 3. The molecule has 0 aromatic carbocycles. The Hall–Kier alpha value is -1.73. The fraction of sp³-hybridized carbons (Fsp3) is 0.588. The van der Waals surface area contributed by atoms with E-state index >= 15 is 0 Å². The first-order valence-electron chi connectivity index (χ1n) is 8.53. The van der Waals surface area contributed by atoms with Gasteiger partial charge in [-0.1, -0.05) is 0 Å². The van der Waals surface area contributed by atoms with Gasteiger partial charge >= 0.3 is 0 Å². The van der Waals surface area contributed by atoms with Gasteiger partial charge in [-0.15, -0.1) is 21.5 Å². The number of hydrogen-bond donors (Lipinski definition) is 0. The summed E-state index contributed by atoms with van der Waals surface area (Å²) in [6.45, 7) is 3.49. The zero-order chi connectivity index (χ0) is 16.5. The number of aryl methyl sites for hydroxylation is 1. The summed E-state index contributed by atoms with van der Waals surface area (Å²) >= 11 is 1.50. The maximum atomic E-state index is 12.9. The standard InChI is InChI=1S/C17H21N3O3S/c1-11-9-14(24-10-11)17(21)20-7-3-2-5-12(20)15-18-19-16(23-15)13-6-4-8-22-13/h9-10,12-13H,2-8H2,1H3/t12?,13-/m1/s1. The Labute approximate surface area is 144 Å². The Morgan fingerprint density at radius 3 is 2.88 bits per heavy atom.